The van der Waals surface area contributed by atoms with Gasteiger partial charge in [-0.25, -0.2) is 9.59 Å². The number of alkyl carbamates (subject to hydrolysis) is 1. The Bertz CT molecular complexity index is 2040. The van der Waals surface area contributed by atoms with Crippen LogP contribution in [0.2, 0.25) is 0 Å². The van der Waals surface area contributed by atoms with Gasteiger partial charge in [0.1, 0.15) is 31.5 Å². The number of nitrogens with one attached hydrogen (secondary N) is 1. The maximum absolute atomic E-state index is 12.3. The lowest BCUT2D eigenvalue weighted by molar-refractivity contribution is -0.142. The fraction of sp³-hybridized carbons (Fsp3) is 0.174. The molecule has 0 aliphatic heterocycles. The molecule has 0 saturated heterocycles. The Balaban J connectivity index is 0.000000293. The van der Waals surface area contributed by atoms with Crippen molar-refractivity contribution in [2.75, 3.05) is 0 Å². The number of carboxylic acids is 1. The largest absolute Gasteiger partial charge is 0.485 e. The molecule has 0 aliphatic carbocycles. The number of carboxylic acid groups (broad SMARTS) is 1. The zero-order valence-electron chi connectivity index (χ0n) is 31.0. The second kappa shape index (κ2) is 20.3. The minimum atomic E-state index is -1.66. The molecule has 10 heteroatoms. The van der Waals surface area contributed by atoms with E-state index in [2.05, 4.69) is 5.32 Å². The van der Waals surface area contributed by atoms with Crippen LogP contribution >= 0.6 is 0 Å². The first-order chi connectivity index (χ1) is 27.1. The Hall–Kier alpha value is -6.46. The number of aliphatic hydroxyl groups excluding tert-OH is 1. The Morgan fingerprint density at radius 2 is 1.04 bits per heavy atom. The summed E-state index contributed by atoms with van der Waals surface area (Å²) in [6.07, 6.45) is -2.55. The third kappa shape index (κ3) is 11.3. The molecule has 0 bridgehead atoms. The molecule has 6 aromatic rings. The maximum Gasteiger partial charge on any atom is 0.408 e. The lowest BCUT2D eigenvalue weighted by Gasteiger charge is -2.33. The van der Waals surface area contributed by atoms with Gasteiger partial charge in [0.2, 0.25) is 0 Å². The summed E-state index contributed by atoms with van der Waals surface area (Å²) in [5.41, 5.74) is 9.33. The van der Waals surface area contributed by atoms with Gasteiger partial charge in [0.25, 0.3) is 0 Å². The van der Waals surface area contributed by atoms with Crippen molar-refractivity contribution in [3.8, 4) is 11.5 Å². The van der Waals surface area contributed by atoms with Gasteiger partial charge in [-0.15, -0.1) is 0 Å². The van der Waals surface area contributed by atoms with Crippen LogP contribution in [-0.4, -0.2) is 39.5 Å². The van der Waals surface area contributed by atoms with Crippen LogP contribution in [0, 0.1) is 0 Å². The average Bonchev–Trinajstić information content (AvgIpc) is 3.24. The van der Waals surface area contributed by atoms with E-state index in [1.165, 1.54) is 12.1 Å². The molecule has 0 saturated carbocycles. The van der Waals surface area contributed by atoms with Crippen molar-refractivity contribution in [1.82, 2.24) is 5.32 Å². The van der Waals surface area contributed by atoms with Gasteiger partial charge in [-0.3, -0.25) is 0 Å². The Kier molecular flexibility index (Phi) is 14.7. The smallest absolute Gasteiger partial charge is 0.408 e. The van der Waals surface area contributed by atoms with Gasteiger partial charge in [0.05, 0.1) is 0 Å². The second-order valence-corrected chi connectivity index (χ2v) is 13.0. The predicted octanol–water partition coefficient (Wildman–Crippen LogP) is 7.53. The maximum atomic E-state index is 12.3. The van der Waals surface area contributed by atoms with E-state index in [-0.39, 0.29) is 31.4 Å². The zero-order valence-corrected chi connectivity index (χ0v) is 31.0. The van der Waals surface area contributed by atoms with Crippen LogP contribution in [0.4, 0.5) is 4.79 Å². The number of aliphatic hydroxyl groups is 2. The lowest BCUT2D eigenvalue weighted by atomic mass is 9.81. The molecule has 6 rings (SSSR count). The van der Waals surface area contributed by atoms with Crippen LogP contribution in [0.15, 0.2) is 170 Å². The highest BCUT2D eigenvalue weighted by Crippen LogP contribution is 2.34. The van der Waals surface area contributed by atoms with Crippen LogP contribution in [0.25, 0.3) is 0 Å². The van der Waals surface area contributed by atoms with E-state index >= 15 is 0 Å². The number of nitrogens with two attached hydrogens (primary N) is 1. The van der Waals surface area contributed by atoms with E-state index in [1.54, 1.807) is 30.3 Å². The molecule has 2 unspecified atom stereocenters. The molecular weight excluding hydrogens is 709 g/mol. The van der Waals surface area contributed by atoms with Gasteiger partial charge >= 0.3 is 12.1 Å². The summed E-state index contributed by atoms with van der Waals surface area (Å²) >= 11 is 0. The van der Waals surface area contributed by atoms with Crippen LogP contribution in [0.5, 0.6) is 11.5 Å². The summed E-state index contributed by atoms with van der Waals surface area (Å²) in [6, 6.07) is 49.8. The molecule has 6 N–H and O–H groups in total. The van der Waals surface area contributed by atoms with Gasteiger partial charge in [0, 0.05) is 6.04 Å². The minimum absolute atomic E-state index is 0.0416. The summed E-state index contributed by atoms with van der Waals surface area (Å²) < 4.78 is 17.1. The van der Waals surface area contributed by atoms with Gasteiger partial charge in [-0.1, -0.05) is 158 Å². The minimum Gasteiger partial charge on any atom is -0.485 e. The predicted molar refractivity (Wildman–Crippen MR) is 214 cm³/mol. The normalized spacial score (nSPS) is 12.5. The highest BCUT2D eigenvalue weighted by molar-refractivity contribution is 5.80. The molecule has 56 heavy (non-hydrogen) atoms. The topological polar surface area (TPSA) is 161 Å². The molecular formula is C46H46N2O8. The first-order valence-corrected chi connectivity index (χ1v) is 18.1. The monoisotopic (exact) mass is 754 g/mol. The zero-order chi connectivity index (χ0) is 39.8. The van der Waals surface area contributed by atoms with Gasteiger partial charge in [-0.05, 0) is 52.4 Å². The molecule has 0 heterocycles. The Morgan fingerprint density at radius 3 is 1.46 bits per heavy atom. The molecule has 0 spiro atoms. The Labute approximate surface area is 326 Å². The summed E-state index contributed by atoms with van der Waals surface area (Å²) in [5, 5.41) is 33.8. The third-order valence-corrected chi connectivity index (χ3v) is 8.94. The highest BCUT2D eigenvalue weighted by Gasteiger charge is 2.35. The van der Waals surface area contributed by atoms with Crippen LogP contribution in [0.3, 0.4) is 0 Å². The number of aliphatic carboxylic acids is 1. The number of rotatable bonds is 15. The van der Waals surface area contributed by atoms with Crippen molar-refractivity contribution >= 4 is 12.1 Å². The summed E-state index contributed by atoms with van der Waals surface area (Å²) in [7, 11) is 0. The summed E-state index contributed by atoms with van der Waals surface area (Å²) in [4.78, 5) is 24.3. The van der Waals surface area contributed by atoms with E-state index in [1.807, 2.05) is 134 Å². The lowest BCUT2D eigenvalue weighted by Crippen LogP contribution is -2.45. The number of amides is 1. The van der Waals surface area contributed by atoms with E-state index in [0.29, 0.717) is 11.5 Å². The average molecular weight is 755 g/mol. The second-order valence-electron chi connectivity index (χ2n) is 13.0. The standard InChI is InChI=1S/C31H29NO7.C15H17NO/c33-29(28(30(34)35)32-31(36)39-21-24-14-8-3-9-15-24)25-16-17-26(37-19-22-10-4-1-5-11-22)27(18-25)38-20-23-12-6-2-7-13-23;1-12(16)15(17,13-8-4-2-5-9-13)14-10-6-3-7-11-14/h1-18,28-29,33H,19-21H2,(H,32,36)(H,34,35);2-12,17H,16H2,1H3/t28-,29?;/m1./s1. The molecule has 3 atom stereocenters. The molecule has 1 amide bonds. The molecule has 288 valence electrons. The number of hydrogen-bond acceptors (Lipinski definition) is 8. The van der Waals surface area contributed by atoms with E-state index in [0.717, 1.165) is 27.8 Å². The summed E-state index contributed by atoms with van der Waals surface area (Å²) in [6.45, 7) is 2.30. The summed E-state index contributed by atoms with van der Waals surface area (Å²) in [5.74, 6) is -0.676. The first-order valence-electron chi connectivity index (χ1n) is 18.1. The molecule has 0 aliphatic rings. The number of carbonyl (C=O) groups excluding carboxylic acids is 1. The van der Waals surface area contributed by atoms with Crippen LogP contribution < -0.4 is 20.5 Å². The quantitative estimate of drug-likeness (QED) is 0.0714. The van der Waals surface area contributed by atoms with E-state index in [9.17, 15) is 24.9 Å². The van der Waals surface area contributed by atoms with Crippen molar-refractivity contribution in [2.45, 2.75) is 50.5 Å². The van der Waals surface area contributed by atoms with Crippen molar-refractivity contribution in [1.29, 1.82) is 0 Å². The Morgan fingerprint density at radius 1 is 0.625 bits per heavy atom. The van der Waals surface area contributed by atoms with Crippen LogP contribution in [0.1, 0.15) is 46.4 Å². The van der Waals surface area contributed by atoms with E-state index < -0.39 is 29.8 Å². The molecule has 0 fully saturated rings. The molecule has 6 aromatic carbocycles. The van der Waals surface area contributed by atoms with Crippen molar-refractivity contribution < 1.29 is 39.1 Å². The first kappa shape index (κ1) is 40.7. The number of ether oxygens (including phenoxy) is 3. The van der Waals surface area contributed by atoms with E-state index in [4.69, 9.17) is 19.9 Å². The number of carbonyl (C=O) groups is 2. The number of hydrogen-bond donors (Lipinski definition) is 5. The van der Waals surface area contributed by atoms with Crippen molar-refractivity contribution in [2.24, 2.45) is 5.73 Å². The SMILES string of the molecule is CC(N)C(O)(c1ccccc1)c1ccccc1.O=C(N[C@@H](C(=O)O)C(O)c1ccc(OCc2ccccc2)c(OCc2ccccc2)c1)OCc1ccccc1. The molecule has 10 nitrogen and oxygen atoms in total. The third-order valence-electron chi connectivity index (χ3n) is 8.94. The van der Waals surface area contributed by atoms with Gasteiger partial charge in [0.15, 0.2) is 17.5 Å². The van der Waals surface area contributed by atoms with Crippen LogP contribution in [-0.2, 0) is 35.0 Å². The molecule has 0 radical (unpaired) electrons. The fourth-order valence-electron chi connectivity index (χ4n) is 5.85. The number of benzene rings is 6. The molecule has 0 aromatic heterocycles. The van der Waals surface area contributed by atoms with Crippen molar-refractivity contribution in [3.63, 3.8) is 0 Å². The van der Waals surface area contributed by atoms with Crippen molar-refractivity contribution in [3.05, 3.63) is 203 Å². The van der Waals surface area contributed by atoms with Gasteiger partial charge < -0.3 is 40.6 Å². The van der Waals surface area contributed by atoms with Gasteiger partial charge in [-0.2, -0.15) is 0 Å². The fourth-order valence-corrected chi connectivity index (χ4v) is 5.85. The highest BCUT2D eigenvalue weighted by atomic mass is 16.5.